The van der Waals surface area contributed by atoms with E-state index < -0.39 is 6.17 Å². The Morgan fingerprint density at radius 2 is 1.11 bits per heavy atom. The molecule has 0 N–H and O–H groups in total. The minimum Gasteiger partial charge on any atom is -0.494 e. The van der Waals surface area contributed by atoms with Crippen LogP contribution in [0.1, 0.15) is 110 Å². The van der Waals surface area contributed by atoms with Gasteiger partial charge >= 0.3 is 0 Å². The molecule has 1 unspecified atom stereocenters. The second-order valence-electron chi connectivity index (χ2n) is 9.53. The van der Waals surface area contributed by atoms with Crippen LogP contribution in [0.4, 0.5) is 4.39 Å². The number of hydrogen-bond donors (Lipinski definition) is 0. The Morgan fingerprint density at radius 3 is 1.74 bits per heavy atom. The fourth-order valence-electron chi connectivity index (χ4n) is 4.08. The van der Waals surface area contributed by atoms with E-state index in [9.17, 15) is 4.39 Å². The third-order valence-electron chi connectivity index (χ3n) is 6.31. The maximum atomic E-state index is 13.8. The van der Waals surface area contributed by atoms with Crippen molar-refractivity contribution in [1.29, 1.82) is 0 Å². The normalized spacial score (nSPS) is 12.0. The van der Waals surface area contributed by atoms with Crippen LogP contribution in [0.5, 0.6) is 11.5 Å². The number of hydrogen-bond acceptors (Lipinski definition) is 4. The van der Waals surface area contributed by atoms with E-state index in [0.717, 1.165) is 55.6 Å². The third kappa shape index (κ3) is 13.5. The second kappa shape index (κ2) is 19.1. The van der Waals surface area contributed by atoms with Crippen molar-refractivity contribution in [3.8, 4) is 22.9 Å². The summed E-state index contributed by atoms with van der Waals surface area (Å²) in [6.07, 6.45) is 19.5. The van der Waals surface area contributed by atoms with E-state index in [1.807, 2.05) is 24.3 Å². The lowest BCUT2D eigenvalue weighted by molar-refractivity contribution is 0.261. The van der Waals surface area contributed by atoms with Gasteiger partial charge in [0.15, 0.2) is 11.6 Å². The van der Waals surface area contributed by atoms with E-state index in [4.69, 9.17) is 9.47 Å². The van der Waals surface area contributed by atoms with Crippen LogP contribution in [0.25, 0.3) is 11.4 Å². The van der Waals surface area contributed by atoms with Gasteiger partial charge in [0.1, 0.15) is 11.9 Å². The topological polar surface area (TPSA) is 44.2 Å². The first kappa shape index (κ1) is 29.1. The van der Waals surface area contributed by atoms with Crippen molar-refractivity contribution in [2.45, 2.75) is 116 Å². The van der Waals surface area contributed by atoms with Gasteiger partial charge in [-0.3, -0.25) is 0 Å². The fraction of sp³-hybridized carbons (Fsp3) is 0.667. The monoisotopic (exact) mass is 486 g/mol. The van der Waals surface area contributed by atoms with Gasteiger partial charge in [0.2, 0.25) is 0 Å². The average Bonchev–Trinajstić information content (AvgIpc) is 2.88. The van der Waals surface area contributed by atoms with Crippen molar-refractivity contribution in [3.05, 3.63) is 36.7 Å². The average molecular weight is 487 g/mol. The van der Waals surface area contributed by atoms with Gasteiger partial charge in [0.25, 0.3) is 0 Å². The molecule has 1 heterocycles. The lowest BCUT2D eigenvalue weighted by Crippen LogP contribution is -2.03. The van der Waals surface area contributed by atoms with Crippen LogP contribution < -0.4 is 9.47 Å². The molecule has 1 aromatic carbocycles. The number of alkyl halides is 1. The Bertz CT molecular complexity index is 752. The number of aromatic nitrogens is 2. The van der Waals surface area contributed by atoms with Crippen molar-refractivity contribution in [2.75, 3.05) is 13.2 Å². The highest BCUT2D eigenvalue weighted by atomic mass is 19.1. The second-order valence-corrected chi connectivity index (χ2v) is 9.53. The summed E-state index contributed by atoms with van der Waals surface area (Å²) < 4.78 is 25.4. The zero-order valence-electron chi connectivity index (χ0n) is 22.2. The van der Waals surface area contributed by atoms with Crippen LogP contribution >= 0.6 is 0 Å². The Kier molecular flexibility index (Phi) is 15.8. The molecule has 0 fully saturated rings. The van der Waals surface area contributed by atoms with Gasteiger partial charge in [-0.25, -0.2) is 14.4 Å². The molecule has 1 aromatic heterocycles. The summed E-state index contributed by atoms with van der Waals surface area (Å²) in [4.78, 5) is 8.91. The summed E-state index contributed by atoms with van der Waals surface area (Å²) in [5, 5.41) is 0. The molecule has 0 saturated carbocycles. The van der Waals surface area contributed by atoms with Crippen LogP contribution in [0.3, 0.4) is 0 Å². The van der Waals surface area contributed by atoms with Gasteiger partial charge in [-0.2, -0.15) is 0 Å². The molecule has 0 aliphatic rings. The van der Waals surface area contributed by atoms with Gasteiger partial charge < -0.3 is 9.47 Å². The summed E-state index contributed by atoms with van der Waals surface area (Å²) in [6.45, 7) is 5.73. The fourth-order valence-corrected chi connectivity index (χ4v) is 4.08. The highest BCUT2D eigenvalue weighted by Gasteiger charge is 2.06. The first-order valence-electron chi connectivity index (χ1n) is 14.0. The summed E-state index contributed by atoms with van der Waals surface area (Å²) in [7, 11) is 0. The zero-order chi connectivity index (χ0) is 25.0. The number of unbranched alkanes of at least 4 members (excludes halogenated alkanes) is 10. The van der Waals surface area contributed by atoms with Gasteiger partial charge in [-0.05, 0) is 56.4 Å². The van der Waals surface area contributed by atoms with Crippen molar-refractivity contribution in [2.24, 2.45) is 0 Å². The molecule has 1 atom stereocenters. The Morgan fingerprint density at radius 1 is 0.629 bits per heavy atom. The van der Waals surface area contributed by atoms with Crippen molar-refractivity contribution in [1.82, 2.24) is 9.97 Å². The number of benzene rings is 1. The third-order valence-corrected chi connectivity index (χ3v) is 6.31. The molecule has 0 amide bonds. The van der Waals surface area contributed by atoms with Crippen LogP contribution in [0.2, 0.25) is 0 Å². The van der Waals surface area contributed by atoms with Crippen LogP contribution in [0.15, 0.2) is 36.7 Å². The number of ether oxygens (including phenoxy) is 2. The van der Waals surface area contributed by atoms with E-state index in [1.165, 1.54) is 44.9 Å². The SMILES string of the molecule is CCCCCCCCCCOc1cnc(-c2ccc(OCCCCC(F)CCCCC)cc2)nc1. The quantitative estimate of drug-likeness (QED) is 0.165. The standard InChI is InChI=1S/C30H47FN2O2/c1-3-5-7-8-9-10-11-14-22-35-29-24-32-30(33-25-29)26-18-20-28(21-19-26)34-23-15-13-17-27(31)16-12-6-4-2/h18-21,24-25,27H,3-17,22-23H2,1-2H3. The van der Waals surface area contributed by atoms with E-state index in [2.05, 4.69) is 23.8 Å². The lowest BCUT2D eigenvalue weighted by Gasteiger charge is -2.09. The molecule has 0 bridgehead atoms. The lowest BCUT2D eigenvalue weighted by atomic mass is 10.1. The van der Waals surface area contributed by atoms with E-state index in [-0.39, 0.29) is 0 Å². The molecule has 4 nitrogen and oxygen atoms in total. The minimum absolute atomic E-state index is 0.614. The molecule has 0 radical (unpaired) electrons. The van der Waals surface area contributed by atoms with Crippen LogP contribution in [0, 0.1) is 0 Å². The van der Waals surface area contributed by atoms with Gasteiger partial charge in [0, 0.05) is 5.56 Å². The minimum atomic E-state index is -0.664. The summed E-state index contributed by atoms with van der Waals surface area (Å²) in [5.74, 6) is 2.21. The highest BCUT2D eigenvalue weighted by Crippen LogP contribution is 2.21. The highest BCUT2D eigenvalue weighted by molar-refractivity contribution is 5.56. The zero-order valence-corrected chi connectivity index (χ0v) is 22.2. The van der Waals surface area contributed by atoms with Crippen LogP contribution in [-0.4, -0.2) is 29.4 Å². The molecule has 0 aliphatic heterocycles. The molecule has 35 heavy (non-hydrogen) atoms. The summed E-state index contributed by atoms with van der Waals surface area (Å²) in [6, 6.07) is 7.82. The predicted molar refractivity (Wildman–Crippen MR) is 144 cm³/mol. The molecule has 0 saturated heterocycles. The smallest absolute Gasteiger partial charge is 0.159 e. The molecule has 0 spiro atoms. The van der Waals surface area contributed by atoms with Crippen LogP contribution in [-0.2, 0) is 0 Å². The van der Waals surface area contributed by atoms with Crippen molar-refractivity contribution >= 4 is 0 Å². The summed E-state index contributed by atoms with van der Waals surface area (Å²) in [5.41, 5.74) is 0.944. The number of halogens is 1. The molecule has 5 heteroatoms. The summed E-state index contributed by atoms with van der Waals surface area (Å²) >= 11 is 0. The van der Waals surface area contributed by atoms with Crippen molar-refractivity contribution < 1.29 is 13.9 Å². The maximum absolute atomic E-state index is 13.8. The molecule has 0 aliphatic carbocycles. The first-order chi connectivity index (χ1) is 17.2. The Hall–Kier alpha value is -2.17. The molecular formula is C30H47FN2O2. The van der Waals surface area contributed by atoms with Gasteiger partial charge in [0.05, 0.1) is 25.6 Å². The predicted octanol–water partition coefficient (Wildman–Crippen LogP) is 9.13. The van der Waals surface area contributed by atoms with E-state index in [1.54, 1.807) is 12.4 Å². The van der Waals surface area contributed by atoms with Gasteiger partial charge in [-0.1, -0.05) is 78.1 Å². The molecular weight excluding hydrogens is 439 g/mol. The largest absolute Gasteiger partial charge is 0.494 e. The Labute approximate surface area is 213 Å². The Balaban J connectivity index is 1.59. The molecule has 2 aromatic rings. The van der Waals surface area contributed by atoms with E-state index in [0.29, 0.717) is 31.9 Å². The van der Waals surface area contributed by atoms with Crippen molar-refractivity contribution in [3.63, 3.8) is 0 Å². The van der Waals surface area contributed by atoms with E-state index >= 15 is 0 Å². The first-order valence-corrected chi connectivity index (χ1v) is 14.0. The molecule has 2 rings (SSSR count). The number of rotatable bonds is 21. The maximum Gasteiger partial charge on any atom is 0.159 e. The molecule has 196 valence electrons. The van der Waals surface area contributed by atoms with Gasteiger partial charge in [-0.15, -0.1) is 0 Å². The number of nitrogens with zero attached hydrogens (tertiary/aromatic N) is 2.